The molecule has 0 radical (unpaired) electrons. The maximum Gasteiger partial charge on any atom is 0.243 e. The Bertz CT molecular complexity index is 810. The third-order valence-electron chi connectivity index (χ3n) is 3.56. The van der Waals surface area contributed by atoms with Gasteiger partial charge in [0.25, 0.3) is 0 Å². The van der Waals surface area contributed by atoms with Gasteiger partial charge in [-0.05, 0) is 18.2 Å². The van der Waals surface area contributed by atoms with E-state index in [-0.39, 0.29) is 11.4 Å². The minimum absolute atomic E-state index is 0.0451. The summed E-state index contributed by atoms with van der Waals surface area (Å²) >= 11 is 0. The second kappa shape index (κ2) is 7.20. The zero-order chi connectivity index (χ0) is 17.0. The number of aromatic nitrogens is 2. The van der Waals surface area contributed by atoms with E-state index in [0.29, 0.717) is 37.9 Å². The highest BCUT2D eigenvalue weighted by atomic mass is 32.2. The van der Waals surface area contributed by atoms with Gasteiger partial charge in [0.1, 0.15) is 10.7 Å². The lowest BCUT2D eigenvalue weighted by Crippen LogP contribution is -2.37. The average molecular weight is 352 g/mol. The second-order valence-corrected chi connectivity index (χ2v) is 6.94. The monoisotopic (exact) mass is 352 g/mol. The highest BCUT2D eigenvalue weighted by Gasteiger charge is 2.19. The Kier molecular flexibility index (Phi) is 5.03. The van der Waals surface area contributed by atoms with E-state index in [0.717, 1.165) is 6.07 Å². The third-order valence-corrected chi connectivity index (χ3v) is 5.00. The molecule has 2 aromatic rings. The fraction of sp³-hybridized carbons (Fsp3) is 0.333. The highest BCUT2D eigenvalue weighted by molar-refractivity contribution is 7.89. The van der Waals surface area contributed by atoms with Crippen molar-refractivity contribution in [1.29, 1.82) is 0 Å². The Morgan fingerprint density at radius 1 is 1.21 bits per heavy atom. The van der Waals surface area contributed by atoms with Gasteiger partial charge in [0.15, 0.2) is 0 Å². The van der Waals surface area contributed by atoms with Crippen molar-refractivity contribution in [2.24, 2.45) is 0 Å². The van der Waals surface area contributed by atoms with Crippen LogP contribution in [0.4, 0.5) is 10.3 Å². The first kappa shape index (κ1) is 16.7. The maximum atomic E-state index is 13.7. The molecule has 1 aliphatic heterocycles. The summed E-state index contributed by atoms with van der Waals surface area (Å²) in [5.41, 5.74) is 0.506. The van der Waals surface area contributed by atoms with Crippen LogP contribution >= 0.6 is 0 Å². The molecule has 0 aliphatic carbocycles. The van der Waals surface area contributed by atoms with Crippen molar-refractivity contribution in [2.75, 3.05) is 31.2 Å². The number of anilines is 1. The van der Waals surface area contributed by atoms with Crippen LogP contribution in [0.3, 0.4) is 0 Å². The van der Waals surface area contributed by atoms with E-state index in [4.69, 9.17) is 4.74 Å². The van der Waals surface area contributed by atoms with Crippen LogP contribution in [0.5, 0.6) is 0 Å². The number of rotatable bonds is 5. The fourth-order valence-electron chi connectivity index (χ4n) is 2.31. The summed E-state index contributed by atoms with van der Waals surface area (Å²) in [6, 6.07) is 6.85. The number of morpholine rings is 1. The number of halogens is 1. The molecule has 3 rings (SSSR count). The van der Waals surface area contributed by atoms with E-state index in [2.05, 4.69) is 14.7 Å². The molecule has 2 heterocycles. The number of hydrogen-bond donors (Lipinski definition) is 1. The van der Waals surface area contributed by atoms with Crippen LogP contribution < -0.4 is 9.62 Å². The van der Waals surface area contributed by atoms with Crippen molar-refractivity contribution in [1.82, 2.24) is 14.7 Å². The second-order valence-electron chi connectivity index (χ2n) is 5.20. The zero-order valence-corrected chi connectivity index (χ0v) is 13.7. The van der Waals surface area contributed by atoms with Crippen LogP contribution in [-0.2, 0) is 21.3 Å². The predicted molar refractivity (Wildman–Crippen MR) is 85.5 cm³/mol. The molecule has 1 aromatic carbocycles. The van der Waals surface area contributed by atoms with E-state index in [1.165, 1.54) is 18.2 Å². The van der Waals surface area contributed by atoms with Crippen molar-refractivity contribution < 1.29 is 17.5 Å². The Labute approximate surface area is 139 Å². The Hall–Kier alpha value is -2.10. The molecule has 1 N–H and O–H groups in total. The third kappa shape index (κ3) is 3.86. The van der Waals surface area contributed by atoms with Crippen molar-refractivity contribution in [3.63, 3.8) is 0 Å². The first-order valence-corrected chi connectivity index (χ1v) is 8.93. The molecule has 0 atom stereocenters. The van der Waals surface area contributed by atoms with E-state index in [1.54, 1.807) is 12.3 Å². The summed E-state index contributed by atoms with van der Waals surface area (Å²) in [6.45, 7) is 2.53. The molecule has 1 aliphatic rings. The summed E-state index contributed by atoms with van der Waals surface area (Å²) in [5, 5.41) is 0. The highest BCUT2D eigenvalue weighted by Crippen LogP contribution is 2.14. The minimum atomic E-state index is -3.95. The fourth-order valence-corrected chi connectivity index (χ4v) is 3.38. The van der Waals surface area contributed by atoms with Gasteiger partial charge >= 0.3 is 0 Å². The molecular weight excluding hydrogens is 335 g/mol. The number of sulfonamides is 1. The normalized spacial score (nSPS) is 15.5. The van der Waals surface area contributed by atoms with Crippen LogP contribution in [0.25, 0.3) is 0 Å². The maximum absolute atomic E-state index is 13.7. The number of benzene rings is 1. The summed E-state index contributed by atoms with van der Waals surface area (Å²) in [5.74, 6) is -0.261. The largest absolute Gasteiger partial charge is 0.378 e. The minimum Gasteiger partial charge on any atom is -0.378 e. The SMILES string of the molecule is O=S(=O)(NCc1ccnc(N2CCOCC2)n1)c1ccccc1F. The lowest BCUT2D eigenvalue weighted by molar-refractivity contribution is 0.122. The summed E-state index contributed by atoms with van der Waals surface area (Å²) in [4.78, 5) is 10.1. The molecule has 0 amide bonds. The van der Waals surface area contributed by atoms with Gasteiger partial charge in [-0.3, -0.25) is 0 Å². The number of nitrogens with one attached hydrogen (secondary N) is 1. The predicted octanol–water partition coefficient (Wildman–Crippen LogP) is 0.931. The quantitative estimate of drug-likeness (QED) is 0.862. The van der Waals surface area contributed by atoms with Crippen LogP contribution in [0.2, 0.25) is 0 Å². The van der Waals surface area contributed by atoms with Gasteiger partial charge in [-0.15, -0.1) is 0 Å². The molecule has 0 spiro atoms. The molecular formula is C15H17FN4O3S. The molecule has 9 heteroatoms. The zero-order valence-electron chi connectivity index (χ0n) is 12.9. The van der Waals surface area contributed by atoms with Gasteiger partial charge in [0.05, 0.1) is 25.5 Å². The first-order valence-electron chi connectivity index (χ1n) is 7.45. The van der Waals surface area contributed by atoms with Gasteiger partial charge < -0.3 is 9.64 Å². The first-order chi connectivity index (χ1) is 11.6. The molecule has 1 aromatic heterocycles. The van der Waals surface area contributed by atoms with E-state index < -0.39 is 15.8 Å². The number of ether oxygens (including phenoxy) is 1. The smallest absolute Gasteiger partial charge is 0.243 e. The Morgan fingerprint density at radius 3 is 2.71 bits per heavy atom. The van der Waals surface area contributed by atoms with Gasteiger partial charge in [0.2, 0.25) is 16.0 Å². The van der Waals surface area contributed by atoms with Crippen molar-refractivity contribution in [2.45, 2.75) is 11.4 Å². The van der Waals surface area contributed by atoms with E-state index >= 15 is 0 Å². The molecule has 0 bridgehead atoms. The van der Waals surface area contributed by atoms with Crippen LogP contribution in [0.15, 0.2) is 41.4 Å². The van der Waals surface area contributed by atoms with Crippen LogP contribution in [0.1, 0.15) is 5.69 Å². The number of nitrogens with zero attached hydrogens (tertiary/aromatic N) is 3. The standard InChI is InChI=1S/C15H17FN4O3S/c16-13-3-1-2-4-14(13)24(21,22)18-11-12-5-6-17-15(19-12)20-7-9-23-10-8-20/h1-6,18H,7-11H2. The van der Waals surface area contributed by atoms with Crippen molar-refractivity contribution in [3.8, 4) is 0 Å². The molecule has 128 valence electrons. The van der Waals surface area contributed by atoms with E-state index in [1.807, 2.05) is 4.90 Å². The van der Waals surface area contributed by atoms with E-state index in [9.17, 15) is 12.8 Å². The van der Waals surface area contributed by atoms with Crippen LogP contribution in [-0.4, -0.2) is 44.7 Å². The molecule has 1 saturated heterocycles. The average Bonchev–Trinajstić information content (AvgIpc) is 2.61. The molecule has 24 heavy (non-hydrogen) atoms. The van der Waals surface area contributed by atoms with Gasteiger partial charge in [-0.2, -0.15) is 0 Å². The lowest BCUT2D eigenvalue weighted by Gasteiger charge is -2.26. The molecule has 1 fully saturated rings. The Balaban J connectivity index is 1.71. The van der Waals surface area contributed by atoms with Gasteiger partial charge in [0, 0.05) is 19.3 Å². The van der Waals surface area contributed by atoms with Crippen molar-refractivity contribution in [3.05, 3.63) is 48.0 Å². The summed E-state index contributed by atoms with van der Waals surface area (Å²) in [6.07, 6.45) is 1.57. The lowest BCUT2D eigenvalue weighted by atomic mass is 10.4. The summed E-state index contributed by atoms with van der Waals surface area (Å²) < 4.78 is 45.7. The molecule has 0 unspecified atom stereocenters. The summed E-state index contributed by atoms with van der Waals surface area (Å²) in [7, 11) is -3.95. The van der Waals surface area contributed by atoms with Gasteiger partial charge in [-0.25, -0.2) is 27.5 Å². The number of hydrogen-bond acceptors (Lipinski definition) is 6. The topological polar surface area (TPSA) is 84.4 Å². The Morgan fingerprint density at radius 2 is 1.96 bits per heavy atom. The molecule has 7 nitrogen and oxygen atoms in total. The molecule has 0 saturated carbocycles. The van der Waals surface area contributed by atoms with Crippen LogP contribution in [0, 0.1) is 5.82 Å². The van der Waals surface area contributed by atoms with Gasteiger partial charge in [-0.1, -0.05) is 12.1 Å². The van der Waals surface area contributed by atoms with Crippen molar-refractivity contribution >= 4 is 16.0 Å².